The predicted molar refractivity (Wildman–Crippen MR) is 104 cm³/mol. The van der Waals surface area contributed by atoms with Crippen LogP contribution in [0.15, 0.2) is 42.7 Å². The molecule has 0 spiro atoms. The van der Waals surface area contributed by atoms with Crippen molar-refractivity contribution in [2.24, 2.45) is 5.41 Å². The van der Waals surface area contributed by atoms with Crippen LogP contribution in [0.1, 0.15) is 30.5 Å². The monoisotopic (exact) mass is 353 g/mol. The van der Waals surface area contributed by atoms with Gasteiger partial charge in [0.15, 0.2) is 0 Å². The average molecular weight is 353 g/mol. The molecule has 5 nitrogen and oxygen atoms in total. The molecule has 0 fully saturated rings. The number of hydrogen-bond donors (Lipinski definition) is 1. The van der Waals surface area contributed by atoms with E-state index < -0.39 is 5.41 Å². The molecule has 2 amide bonds. The molecule has 0 saturated carbocycles. The number of anilines is 1. The van der Waals surface area contributed by atoms with Crippen LogP contribution in [0.3, 0.4) is 0 Å². The van der Waals surface area contributed by atoms with Crippen molar-refractivity contribution in [2.45, 2.75) is 34.1 Å². The summed E-state index contributed by atoms with van der Waals surface area (Å²) in [5, 5.41) is 2.87. The lowest BCUT2D eigenvalue weighted by molar-refractivity contribution is -0.145. The molecule has 0 aliphatic carbocycles. The summed E-state index contributed by atoms with van der Waals surface area (Å²) in [6, 6.07) is 9.58. The van der Waals surface area contributed by atoms with Gasteiger partial charge in [-0.25, -0.2) is 0 Å². The standard InChI is InChI=1S/C21H27N3O2/c1-15-6-7-18(14-16(15)2)23-19(25)21(3,4)20(26)24(5)13-10-17-8-11-22-12-9-17/h6-9,11-12,14H,10,13H2,1-5H3,(H,23,25). The van der Waals surface area contributed by atoms with Gasteiger partial charge in [-0.15, -0.1) is 0 Å². The lowest BCUT2D eigenvalue weighted by atomic mass is 9.90. The molecule has 2 aromatic rings. The highest BCUT2D eigenvalue weighted by Crippen LogP contribution is 2.23. The lowest BCUT2D eigenvalue weighted by Crippen LogP contribution is -2.46. The molecule has 1 N–H and O–H groups in total. The Morgan fingerprint density at radius 1 is 1.08 bits per heavy atom. The first-order valence-corrected chi connectivity index (χ1v) is 8.75. The van der Waals surface area contributed by atoms with E-state index in [9.17, 15) is 9.59 Å². The summed E-state index contributed by atoms with van der Waals surface area (Å²) >= 11 is 0. The average Bonchev–Trinajstić information content (AvgIpc) is 2.62. The minimum atomic E-state index is -1.15. The molecule has 0 bridgehead atoms. The highest BCUT2D eigenvalue weighted by Gasteiger charge is 2.38. The second kappa shape index (κ2) is 8.13. The van der Waals surface area contributed by atoms with E-state index in [1.165, 1.54) is 0 Å². The highest BCUT2D eigenvalue weighted by molar-refractivity contribution is 6.09. The van der Waals surface area contributed by atoms with Gasteiger partial charge in [0.25, 0.3) is 0 Å². The van der Waals surface area contributed by atoms with Gasteiger partial charge in [-0.3, -0.25) is 14.6 Å². The third-order valence-corrected chi connectivity index (χ3v) is 4.70. The van der Waals surface area contributed by atoms with Crippen LogP contribution in [0, 0.1) is 19.3 Å². The molecule has 138 valence electrons. The zero-order valence-electron chi connectivity index (χ0n) is 16.2. The Kier molecular flexibility index (Phi) is 6.14. The molecule has 0 aliphatic heterocycles. The van der Waals surface area contributed by atoms with Crippen LogP contribution >= 0.6 is 0 Å². The van der Waals surface area contributed by atoms with E-state index in [0.29, 0.717) is 12.2 Å². The molecule has 0 unspecified atom stereocenters. The summed E-state index contributed by atoms with van der Waals surface area (Å²) in [6.45, 7) is 7.88. The van der Waals surface area contributed by atoms with Crippen LogP contribution in [0.25, 0.3) is 0 Å². The zero-order chi connectivity index (χ0) is 19.3. The molecule has 0 atom stereocenters. The molecule has 5 heteroatoms. The summed E-state index contributed by atoms with van der Waals surface area (Å²) in [7, 11) is 1.73. The number of benzene rings is 1. The van der Waals surface area contributed by atoms with Crippen LogP contribution in [0.4, 0.5) is 5.69 Å². The third kappa shape index (κ3) is 4.69. The van der Waals surface area contributed by atoms with E-state index in [-0.39, 0.29) is 11.8 Å². The Bertz CT molecular complexity index is 785. The number of hydrogen-bond acceptors (Lipinski definition) is 3. The summed E-state index contributed by atoms with van der Waals surface area (Å²) < 4.78 is 0. The molecule has 1 heterocycles. The number of likely N-dealkylation sites (N-methyl/N-ethyl adjacent to an activating group) is 1. The number of nitrogens with zero attached hydrogens (tertiary/aromatic N) is 2. The van der Waals surface area contributed by atoms with Crippen LogP contribution in [-0.4, -0.2) is 35.3 Å². The summed E-state index contributed by atoms with van der Waals surface area (Å²) in [4.78, 5) is 31.1. The van der Waals surface area contributed by atoms with Gasteiger partial charge in [-0.05, 0) is 75.1 Å². The van der Waals surface area contributed by atoms with E-state index >= 15 is 0 Å². The van der Waals surface area contributed by atoms with Gasteiger partial charge in [0.05, 0.1) is 0 Å². The van der Waals surface area contributed by atoms with Crippen LogP contribution in [0.2, 0.25) is 0 Å². The van der Waals surface area contributed by atoms with Crippen molar-refractivity contribution in [3.8, 4) is 0 Å². The van der Waals surface area contributed by atoms with Gasteiger partial charge in [0.2, 0.25) is 11.8 Å². The van der Waals surface area contributed by atoms with Crippen molar-refractivity contribution in [2.75, 3.05) is 18.9 Å². The van der Waals surface area contributed by atoms with Gasteiger partial charge in [-0.1, -0.05) is 6.07 Å². The van der Waals surface area contributed by atoms with Crippen molar-refractivity contribution in [3.05, 3.63) is 59.4 Å². The number of carbonyl (C=O) groups is 2. The van der Waals surface area contributed by atoms with E-state index in [2.05, 4.69) is 10.3 Å². The Labute approximate surface area is 155 Å². The van der Waals surface area contributed by atoms with Crippen molar-refractivity contribution in [1.82, 2.24) is 9.88 Å². The molecule has 1 aromatic heterocycles. The van der Waals surface area contributed by atoms with Crippen molar-refractivity contribution < 1.29 is 9.59 Å². The van der Waals surface area contributed by atoms with E-state index in [4.69, 9.17) is 0 Å². The van der Waals surface area contributed by atoms with Crippen LogP contribution < -0.4 is 5.32 Å². The molecule has 0 saturated heterocycles. The quantitative estimate of drug-likeness (QED) is 0.810. The van der Waals surface area contributed by atoms with Crippen molar-refractivity contribution in [3.63, 3.8) is 0 Å². The first-order valence-electron chi connectivity index (χ1n) is 8.75. The van der Waals surface area contributed by atoms with E-state index in [1.54, 1.807) is 38.2 Å². The van der Waals surface area contributed by atoms with Crippen molar-refractivity contribution >= 4 is 17.5 Å². The molecule has 26 heavy (non-hydrogen) atoms. The fourth-order valence-corrected chi connectivity index (χ4v) is 2.63. The summed E-state index contributed by atoms with van der Waals surface area (Å²) in [5.74, 6) is -0.505. The number of amides is 2. The van der Waals surface area contributed by atoms with E-state index in [1.807, 2.05) is 44.2 Å². The van der Waals surface area contributed by atoms with Gasteiger partial charge in [0, 0.05) is 31.7 Å². The molecular formula is C21H27N3O2. The van der Waals surface area contributed by atoms with Gasteiger partial charge >= 0.3 is 0 Å². The Morgan fingerprint density at radius 3 is 2.35 bits per heavy atom. The fourth-order valence-electron chi connectivity index (χ4n) is 2.63. The number of aryl methyl sites for hydroxylation is 2. The SMILES string of the molecule is Cc1ccc(NC(=O)C(C)(C)C(=O)N(C)CCc2ccncc2)cc1C. The molecule has 1 aromatic carbocycles. The van der Waals surface area contributed by atoms with Crippen LogP contribution in [-0.2, 0) is 16.0 Å². The molecule has 0 aliphatic rings. The number of aromatic nitrogens is 1. The number of nitrogens with one attached hydrogen (secondary N) is 1. The predicted octanol–water partition coefficient (Wildman–Crippen LogP) is 3.36. The Morgan fingerprint density at radius 2 is 1.73 bits per heavy atom. The normalized spacial score (nSPS) is 11.1. The van der Waals surface area contributed by atoms with Gasteiger partial charge < -0.3 is 10.2 Å². The maximum absolute atomic E-state index is 12.8. The number of pyridine rings is 1. The van der Waals surface area contributed by atoms with E-state index in [0.717, 1.165) is 23.1 Å². The molecule has 0 radical (unpaired) electrons. The first-order chi connectivity index (χ1) is 12.2. The zero-order valence-corrected chi connectivity index (χ0v) is 16.2. The lowest BCUT2D eigenvalue weighted by Gasteiger charge is -2.28. The summed E-state index contributed by atoms with van der Waals surface area (Å²) in [6.07, 6.45) is 4.19. The second-order valence-electron chi connectivity index (χ2n) is 7.21. The minimum absolute atomic E-state index is 0.201. The smallest absolute Gasteiger partial charge is 0.239 e. The minimum Gasteiger partial charge on any atom is -0.345 e. The maximum atomic E-state index is 12.8. The number of rotatable bonds is 6. The third-order valence-electron chi connectivity index (χ3n) is 4.70. The van der Waals surface area contributed by atoms with Crippen LogP contribution in [0.5, 0.6) is 0 Å². The fraction of sp³-hybridized carbons (Fsp3) is 0.381. The Hall–Kier alpha value is -2.69. The second-order valence-corrected chi connectivity index (χ2v) is 7.21. The maximum Gasteiger partial charge on any atom is 0.239 e. The topological polar surface area (TPSA) is 62.3 Å². The molecular weight excluding hydrogens is 326 g/mol. The van der Waals surface area contributed by atoms with Crippen molar-refractivity contribution in [1.29, 1.82) is 0 Å². The Balaban J connectivity index is 2.00. The largest absolute Gasteiger partial charge is 0.345 e. The molecule has 2 rings (SSSR count). The van der Waals surface area contributed by atoms with Gasteiger partial charge in [0.1, 0.15) is 5.41 Å². The summed E-state index contributed by atoms with van der Waals surface area (Å²) in [5.41, 5.74) is 2.93. The number of carbonyl (C=O) groups excluding carboxylic acids is 2. The van der Waals surface area contributed by atoms with Gasteiger partial charge in [-0.2, -0.15) is 0 Å². The first kappa shape index (κ1) is 19.6. The highest BCUT2D eigenvalue weighted by atomic mass is 16.2.